The number of carbonyl (C=O) groups is 1. The van der Waals surface area contributed by atoms with E-state index in [1.54, 1.807) is 25.3 Å². The molecule has 0 aliphatic carbocycles. The van der Waals surface area contributed by atoms with Crippen molar-refractivity contribution in [3.05, 3.63) is 59.3 Å². The molecule has 2 aliphatic heterocycles. The van der Waals surface area contributed by atoms with Gasteiger partial charge in [0.1, 0.15) is 24.2 Å². The second kappa shape index (κ2) is 7.34. The van der Waals surface area contributed by atoms with Crippen LogP contribution in [-0.4, -0.2) is 48.3 Å². The minimum absolute atomic E-state index is 0.165. The van der Waals surface area contributed by atoms with Gasteiger partial charge >= 0.3 is 0 Å². The van der Waals surface area contributed by atoms with E-state index in [1.165, 1.54) is 0 Å². The number of fused-ring (bicyclic) bond motifs is 2. The Labute approximate surface area is 161 Å². The van der Waals surface area contributed by atoms with Crippen molar-refractivity contribution in [2.45, 2.75) is 6.10 Å². The van der Waals surface area contributed by atoms with Crippen LogP contribution in [0.3, 0.4) is 0 Å². The molecule has 2 aliphatic rings. The quantitative estimate of drug-likeness (QED) is 0.462. The summed E-state index contributed by atoms with van der Waals surface area (Å²) in [4.78, 5) is 18.0. The number of methoxy groups -OCH3 is 1. The molecule has 4 rings (SSSR count). The van der Waals surface area contributed by atoms with Crippen LogP contribution in [0.5, 0.6) is 5.75 Å². The lowest BCUT2D eigenvalue weighted by Gasteiger charge is -2.09. The van der Waals surface area contributed by atoms with Gasteiger partial charge in [0.15, 0.2) is 0 Å². The number of allylic oxidation sites excluding steroid dienone is 1. The van der Waals surface area contributed by atoms with E-state index in [4.69, 9.17) is 14.7 Å². The van der Waals surface area contributed by atoms with E-state index in [0.29, 0.717) is 34.0 Å². The average Bonchev–Trinajstić information content (AvgIpc) is 3.23. The molecular formula is C20H19N3O5. The summed E-state index contributed by atoms with van der Waals surface area (Å²) in [5.41, 5.74) is 4.32. The van der Waals surface area contributed by atoms with Crippen molar-refractivity contribution in [3.8, 4) is 5.75 Å². The third kappa shape index (κ3) is 3.08. The van der Waals surface area contributed by atoms with Crippen LogP contribution in [0.4, 0.5) is 11.4 Å². The monoisotopic (exact) mass is 381 g/mol. The third-order valence-corrected chi connectivity index (χ3v) is 4.53. The van der Waals surface area contributed by atoms with Gasteiger partial charge in [-0.25, -0.2) is 0 Å². The first-order chi connectivity index (χ1) is 13.6. The molecular weight excluding hydrogens is 362 g/mol. The summed E-state index contributed by atoms with van der Waals surface area (Å²) in [5, 5.41) is 28.7. The highest BCUT2D eigenvalue weighted by Crippen LogP contribution is 2.40. The number of hydrogen-bond acceptors (Lipinski definition) is 7. The molecule has 144 valence electrons. The van der Waals surface area contributed by atoms with Crippen molar-refractivity contribution in [2.75, 3.05) is 31.0 Å². The predicted octanol–water partition coefficient (Wildman–Crippen LogP) is 1.56. The number of ether oxygens (including phenoxy) is 1. The molecule has 2 aromatic rings. The summed E-state index contributed by atoms with van der Waals surface area (Å²) in [6.07, 6.45) is -1.04. The lowest BCUT2D eigenvalue weighted by atomic mass is 10.0. The molecule has 2 heterocycles. The molecule has 4 N–H and O–H groups in total. The summed E-state index contributed by atoms with van der Waals surface area (Å²) in [5.74, 6) is 0.367. The first-order valence-electron chi connectivity index (χ1n) is 8.72. The largest absolute Gasteiger partial charge is 0.497 e. The van der Waals surface area contributed by atoms with E-state index >= 15 is 0 Å². The first kappa shape index (κ1) is 18.0. The lowest BCUT2D eigenvalue weighted by Crippen LogP contribution is -2.19. The van der Waals surface area contributed by atoms with Crippen LogP contribution in [0.15, 0.2) is 53.3 Å². The fourth-order valence-corrected chi connectivity index (χ4v) is 3.16. The second-order valence-corrected chi connectivity index (χ2v) is 6.36. The number of aliphatic hydroxyl groups is 2. The van der Waals surface area contributed by atoms with Crippen LogP contribution in [0.1, 0.15) is 11.1 Å². The Morgan fingerprint density at radius 1 is 1.11 bits per heavy atom. The molecule has 0 radical (unpaired) electrons. The number of oxime groups is 1. The molecule has 1 unspecified atom stereocenters. The van der Waals surface area contributed by atoms with Gasteiger partial charge in [0.25, 0.3) is 5.91 Å². The van der Waals surface area contributed by atoms with Gasteiger partial charge in [0.2, 0.25) is 0 Å². The minimum atomic E-state index is -1.04. The molecule has 28 heavy (non-hydrogen) atoms. The number of nitrogens with one attached hydrogen (secondary N) is 2. The number of anilines is 2. The van der Waals surface area contributed by atoms with Crippen LogP contribution >= 0.6 is 0 Å². The summed E-state index contributed by atoms with van der Waals surface area (Å²) >= 11 is 0. The topological polar surface area (TPSA) is 112 Å². The van der Waals surface area contributed by atoms with Gasteiger partial charge in [-0.2, -0.15) is 0 Å². The fourth-order valence-electron chi connectivity index (χ4n) is 3.16. The van der Waals surface area contributed by atoms with Crippen LogP contribution in [0, 0.1) is 0 Å². The van der Waals surface area contributed by atoms with Crippen molar-refractivity contribution >= 4 is 28.6 Å². The molecule has 1 atom stereocenters. The van der Waals surface area contributed by atoms with E-state index in [9.17, 15) is 9.90 Å². The molecule has 0 bridgehead atoms. The molecule has 0 fully saturated rings. The zero-order valence-electron chi connectivity index (χ0n) is 15.1. The Bertz CT molecular complexity index is 999. The molecule has 0 spiro atoms. The molecule has 0 saturated heterocycles. The van der Waals surface area contributed by atoms with Crippen LogP contribution in [0.25, 0.3) is 5.57 Å². The van der Waals surface area contributed by atoms with Crippen molar-refractivity contribution in [1.29, 1.82) is 0 Å². The molecule has 8 heteroatoms. The number of aliphatic hydroxyl groups excluding tert-OH is 2. The SMILES string of the molecule is COc1ccc2c(c1)/C(=C1/Nc3ccccc3/C1=N\OCC(O)CO)C(=O)N2. The standard InChI is InChI=1S/C20H19N3O5/c1-27-12-6-7-16-14(8-12)17(20(26)22-16)19-18(23-28-10-11(25)9-24)13-4-2-3-5-15(13)21-19/h2-8,11,21,24-25H,9-10H2,1H3,(H,22,26)/b19-17-,23-18+. The Morgan fingerprint density at radius 3 is 2.68 bits per heavy atom. The second-order valence-electron chi connectivity index (χ2n) is 6.36. The zero-order valence-corrected chi connectivity index (χ0v) is 15.1. The summed E-state index contributed by atoms with van der Waals surface area (Å²) in [6, 6.07) is 12.8. The average molecular weight is 381 g/mol. The van der Waals surface area contributed by atoms with Crippen molar-refractivity contribution in [3.63, 3.8) is 0 Å². The maximum atomic E-state index is 12.7. The number of hydrogen-bond donors (Lipinski definition) is 4. The van der Waals surface area contributed by atoms with Gasteiger partial charge in [-0.3, -0.25) is 4.79 Å². The number of benzene rings is 2. The van der Waals surface area contributed by atoms with Crippen molar-refractivity contribution in [2.24, 2.45) is 5.16 Å². The van der Waals surface area contributed by atoms with Crippen LogP contribution in [0.2, 0.25) is 0 Å². The highest BCUT2D eigenvalue weighted by atomic mass is 16.6. The van der Waals surface area contributed by atoms with E-state index in [2.05, 4.69) is 15.8 Å². The maximum Gasteiger partial charge on any atom is 0.258 e. The third-order valence-electron chi connectivity index (χ3n) is 4.53. The fraction of sp³-hybridized carbons (Fsp3) is 0.200. The number of carbonyl (C=O) groups excluding carboxylic acids is 1. The lowest BCUT2D eigenvalue weighted by molar-refractivity contribution is -0.110. The van der Waals surface area contributed by atoms with E-state index in [-0.39, 0.29) is 12.5 Å². The Balaban J connectivity index is 1.82. The van der Waals surface area contributed by atoms with Crippen molar-refractivity contribution < 1.29 is 24.6 Å². The Hall–Kier alpha value is -3.36. The smallest absolute Gasteiger partial charge is 0.258 e. The van der Waals surface area contributed by atoms with Gasteiger partial charge in [-0.1, -0.05) is 23.4 Å². The highest BCUT2D eigenvalue weighted by molar-refractivity contribution is 6.39. The molecule has 2 aromatic carbocycles. The zero-order chi connectivity index (χ0) is 19.7. The Kier molecular flexibility index (Phi) is 4.72. The maximum absolute atomic E-state index is 12.7. The number of amides is 1. The summed E-state index contributed by atoms with van der Waals surface area (Å²) in [6.45, 7) is -0.593. The van der Waals surface area contributed by atoms with Gasteiger partial charge in [-0.05, 0) is 24.3 Å². The number of rotatable bonds is 5. The van der Waals surface area contributed by atoms with Crippen LogP contribution in [-0.2, 0) is 9.63 Å². The van der Waals surface area contributed by atoms with E-state index < -0.39 is 12.7 Å². The molecule has 0 saturated carbocycles. The minimum Gasteiger partial charge on any atom is -0.497 e. The van der Waals surface area contributed by atoms with Crippen LogP contribution < -0.4 is 15.4 Å². The summed E-state index contributed by atoms with van der Waals surface area (Å²) < 4.78 is 5.29. The molecule has 1 amide bonds. The van der Waals surface area contributed by atoms with E-state index in [1.807, 2.05) is 24.3 Å². The highest BCUT2D eigenvalue weighted by Gasteiger charge is 2.34. The first-order valence-corrected chi connectivity index (χ1v) is 8.72. The van der Waals surface area contributed by atoms with Gasteiger partial charge < -0.3 is 30.4 Å². The van der Waals surface area contributed by atoms with E-state index in [0.717, 1.165) is 11.3 Å². The Morgan fingerprint density at radius 2 is 1.89 bits per heavy atom. The number of nitrogens with zero attached hydrogens (tertiary/aromatic N) is 1. The van der Waals surface area contributed by atoms with Gasteiger partial charge in [0.05, 0.1) is 25.0 Å². The van der Waals surface area contributed by atoms with Gasteiger partial charge in [-0.15, -0.1) is 0 Å². The molecule has 0 aromatic heterocycles. The summed E-state index contributed by atoms with van der Waals surface area (Å²) in [7, 11) is 1.57. The predicted molar refractivity (Wildman–Crippen MR) is 104 cm³/mol. The number of para-hydroxylation sites is 1. The molecule has 8 nitrogen and oxygen atoms in total. The van der Waals surface area contributed by atoms with Crippen molar-refractivity contribution in [1.82, 2.24) is 0 Å². The van der Waals surface area contributed by atoms with Gasteiger partial charge in [0, 0.05) is 22.5 Å². The normalized spacial score (nSPS) is 19.7.